The van der Waals surface area contributed by atoms with Gasteiger partial charge in [0.25, 0.3) is 0 Å². The lowest BCUT2D eigenvalue weighted by Crippen LogP contribution is -2.51. The molecule has 1 aliphatic heterocycles. The van der Waals surface area contributed by atoms with Crippen LogP contribution in [0, 0.1) is 0 Å². The average Bonchev–Trinajstić information content (AvgIpc) is 3.38. The van der Waals surface area contributed by atoms with E-state index >= 15 is 0 Å². The number of carboxylic acids is 1. The summed E-state index contributed by atoms with van der Waals surface area (Å²) >= 11 is 0. The molecule has 0 unspecified atom stereocenters. The molecular weight excluding hydrogens is 406 g/mol. The molecule has 2 aromatic carbocycles. The van der Waals surface area contributed by atoms with Crippen molar-refractivity contribution in [2.75, 3.05) is 19.0 Å². The molecular formula is C24H27N5O3. The number of aromatic amines is 1. The van der Waals surface area contributed by atoms with Crippen LogP contribution in [0.5, 0.6) is 0 Å². The fraction of sp³-hybridized carbons (Fsp3) is 0.292. The van der Waals surface area contributed by atoms with E-state index in [0.717, 1.165) is 33.4 Å². The Kier molecular flexibility index (Phi) is 5.96. The summed E-state index contributed by atoms with van der Waals surface area (Å²) in [6, 6.07) is 14.8. The maximum Gasteiger partial charge on any atom is 0.321 e. The third kappa shape index (κ3) is 4.36. The maximum absolute atomic E-state index is 12.2. The summed E-state index contributed by atoms with van der Waals surface area (Å²) in [5.74, 6) is -1.21. The fourth-order valence-corrected chi connectivity index (χ4v) is 4.03. The molecule has 0 saturated heterocycles. The highest BCUT2D eigenvalue weighted by Crippen LogP contribution is 2.23. The molecule has 1 aliphatic rings. The minimum absolute atomic E-state index is 0.237. The first-order valence-electron chi connectivity index (χ1n) is 10.5. The van der Waals surface area contributed by atoms with Crippen LogP contribution in [0.15, 0.2) is 59.8 Å². The lowest BCUT2D eigenvalue weighted by Gasteiger charge is -2.25. The summed E-state index contributed by atoms with van der Waals surface area (Å²) in [7, 11) is 3.94. The number of rotatable bonds is 7. The quantitative estimate of drug-likeness (QED) is 0.532. The predicted octanol–water partition coefficient (Wildman–Crippen LogP) is 2.80. The molecule has 0 bridgehead atoms. The van der Waals surface area contributed by atoms with Crippen molar-refractivity contribution < 1.29 is 14.7 Å². The van der Waals surface area contributed by atoms with Crippen LogP contribution in [0.4, 0.5) is 5.69 Å². The topological polar surface area (TPSA) is 101 Å². The molecule has 0 radical (unpaired) electrons. The van der Waals surface area contributed by atoms with E-state index in [0.29, 0.717) is 6.42 Å². The Morgan fingerprint density at radius 2 is 1.94 bits per heavy atom. The van der Waals surface area contributed by atoms with Crippen LogP contribution < -0.4 is 10.2 Å². The molecule has 2 heterocycles. The molecule has 4 rings (SSSR count). The molecule has 0 aliphatic carbocycles. The summed E-state index contributed by atoms with van der Waals surface area (Å²) in [4.78, 5) is 29.5. The minimum atomic E-state index is -0.970. The summed E-state index contributed by atoms with van der Waals surface area (Å²) in [5.41, 5.74) is 4.60. The van der Waals surface area contributed by atoms with Gasteiger partial charge in [0.2, 0.25) is 5.91 Å². The van der Waals surface area contributed by atoms with Crippen LogP contribution in [0.1, 0.15) is 24.5 Å². The highest BCUT2D eigenvalue weighted by Gasteiger charge is 2.33. The highest BCUT2D eigenvalue weighted by atomic mass is 16.4. The molecule has 2 atom stereocenters. The number of fused-ring (bicyclic) bond motifs is 1. The van der Waals surface area contributed by atoms with Gasteiger partial charge in [-0.1, -0.05) is 30.3 Å². The van der Waals surface area contributed by atoms with E-state index in [1.54, 1.807) is 0 Å². The van der Waals surface area contributed by atoms with E-state index in [9.17, 15) is 14.7 Å². The Balaban J connectivity index is 1.53. The second-order valence-electron chi connectivity index (χ2n) is 8.19. The van der Waals surface area contributed by atoms with Crippen molar-refractivity contribution in [2.24, 2.45) is 5.10 Å². The van der Waals surface area contributed by atoms with Gasteiger partial charge in [-0.3, -0.25) is 14.9 Å². The Hall–Kier alpha value is -3.65. The zero-order valence-electron chi connectivity index (χ0n) is 18.4. The van der Waals surface area contributed by atoms with E-state index in [2.05, 4.69) is 15.4 Å². The number of hydrazone groups is 1. The number of nitrogens with zero attached hydrogens (tertiary/aromatic N) is 3. The summed E-state index contributed by atoms with van der Waals surface area (Å²) in [6.07, 6.45) is 2.03. The molecule has 166 valence electrons. The van der Waals surface area contributed by atoms with Crippen LogP contribution in [-0.2, 0) is 16.0 Å². The van der Waals surface area contributed by atoms with Gasteiger partial charge in [-0.05, 0) is 29.3 Å². The molecule has 1 amide bonds. The predicted molar refractivity (Wildman–Crippen MR) is 125 cm³/mol. The van der Waals surface area contributed by atoms with Crippen LogP contribution in [0.25, 0.3) is 10.9 Å². The molecule has 0 saturated carbocycles. The third-order valence-electron chi connectivity index (χ3n) is 5.74. The van der Waals surface area contributed by atoms with Crippen molar-refractivity contribution in [3.63, 3.8) is 0 Å². The van der Waals surface area contributed by atoms with Crippen LogP contribution >= 0.6 is 0 Å². The highest BCUT2D eigenvalue weighted by molar-refractivity contribution is 6.03. The molecule has 0 fully saturated rings. The van der Waals surface area contributed by atoms with Gasteiger partial charge in [0.1, 0.15) is 12.2 Å². The number of para-hydroxylation sites is 1. The fourth-order valence-electron chi connectivity index (χ4n) is 4.03. The normalized spacial score (nSPS) is 16.8. The number of nitrogens with one attached hydrogen (secondary N) is 2. The number of carbonyl (C=O) groups excluding carboxylic acids is 1. The number of carboxylic acid groups (broad SMARTS) is 1. The Morgan fingerprint density at radius 1 is 1.22 bits per heavy atom. The van der Waals surface area contributed by atoms with E-state index in [1.807, 2.05) is 73.7 Å². The van der Waals surface area contributed by atoms with Gasteiger partial charge in [-0.2, -0.15) is 5.10 Å². The Morgan fingerprint density at radius 3 is 2.59 bits per heavy atom. The maximum atomic E-state index is 12.2. The average molecular weight is 434 g/mol. The SMILES string of the molecule is CC(=O)N1N=C(c2ccc(N(C)C)cc2)C[C@@H]1N[C@@H](Cc1c[nH]c2ccccc12)C(=O)O. The number of anilines is 1. The van der Waals surface area contributed by atoms with Gasteiger partial charge in [-0.25, -0.2) is 5.01 Å². The second-order valence-corrected chi connectivity index (χ2v) is 8.19. The molecule has 3 N–H and O–H groups in total. The number of hydrogen-bond acceptors (Lipinski definition) is 5. The van der Waals surface area contributed by atoms with Crippen molar-refractivity contribution >= 4 is 34.2 Å². The number of benzene rings is 2. The number of aromatic nitrogens is 1. The molecule has 3 aromatic rings. The van der Waals surface area contributed by atoms with Gasteiger partial charge in [0.05, 0.1) is 5.71 Å². The van der Waals surface area contributed by atoms with Crippen LogP contribution in [0.3, 0.4) is 0 Å². The number of amides is 1. The molecule has 1 aromatic heterocycles. The smallest absolute Gasteiger partial charge is 0.321 e. The zero-order valence-corrected chi connectivity index (χ0v) is 18.4. The van der Waals surface area contributed by atoms with Gasteiger partial charge in [-0.15, -0.1) is 0 Å². The van der Waals surface area contributed by atoms with Crippen molar-refractivity contribution in [1.29, 1.82) is 0 Å². The first kappa shape index (κ1) is 21.6. The standard InChI is InChI=1S/C24H27N5O3/c1-15(30)29-23(13-21(27-29)16-8-10-18(11-9-16)28(2)3)26-22(24(31)32)12-17-14-25-20-7-5-4-6-19(17)20/h4-11,14,22-23,25-26H,12-13H2,1-3H3,(H,31,32)/t22-,23+/m0/s1. The molecule has 8 nitrogen and oxygen atoms in total. The summed E-state index contributed by atoms with van der Waals surface area (Å²) in [5, 5.41) is 19.9. The van der Waals surface area contributed by atoms with Crippen molar-refractivity contribution in [1.82, 2.24) is 15.3 Å². The van der Waals surface area contributed by atoms with Gasteiger partial charge < -0.3 is 15.0 Å². The monoisotopic (exact) mass is 433 g/mol. The van der Waals surface area contributed by atoms with Gasteiger partial charge in [0, 0.05) is 56.6 Å². The molecule has 8 heteroatoms. The lowest BCUT2D eigenvalue weighted by molar-refractivity contribution is -0.141. The number of H-pyrrole nitrogens is 1. The molecule has 0 spiro atoms. The first-order valence-corrected chi connectivity index (χ1v) is 10.5. The van der Waals surface area contributed by atoms with Crippen molar-refractivity contribution in [3.05, 3.63) is 65.9 Å². The zero-order chi connectivity index (χ0) is 22.8. The minimum Gasteiger partial charge on any atom is -0.480 e. The largest absolute Gasteiger partial charge is 0.480 e. The number of carbonyl (C=O) groups is 2. The Labute approximate surface area is 186 Å². The van der Waals surface area contributed by atoms with Crippen molar-refractivity contribution in [2.45, 2.75) is 32.0 Å². The number of aliphatic carboxylic acids is 1. The third-order valence-corrected chi connectivity index (χ3v) is 5.74. The van der Waals surface area contributed by atoms with Crippen LogP contribution in [0.2, 0.25) is 0 Å². The van der Waals surface area contributed by atoms with E-state index in [1.165, 1.54) is 11.9 Å². The summed E-state index contributed by atoms with van der Waals surface area (Å²) < 4.78 is 0. The lowest BCUT2D eigenvalue weighted by atomic mass is 10.0. The van der Waals surface area contributed by atoms with E-state index in [-0.39, 0.29) is 12.3 Å². The number of hydrogen-bond donors (Lipinski definition) is 3. The second kappa shape index (κ2) is 8.84. The Bertz CT molecular complexity index is 1170. The van der Waals surface area contributed by atoms with Crippen molar-refractivity contribution in [3.8, 4) is 0 Å². The van der Waals surface area contributed by atoms with Gasteiger partial charge in [0.15, 0.2) is 0 Å². The van der Waals surface area contributed by atoms with Gasteiger partial charge >= 0.3 is 5.97 Å². The first-order chi connectivity index (χ1) is 15.3. The molecule has 32 heavy (non-hydrogen) atoms. The van der Waals surface area contributed by atoms with E-state index in [4.69, 9.17) is 0 Å². The van der Waals surface area contributed by atoms with Crippen LogP contribution in [-0.4, -0.2) is 59.0 Å². The summed E-state index contributed by atoms with van der Waals surface area (Å²) in [6.45, 7) is 1.44. The van der Waals surface area contributed by atoms with E-state index < -0.39 is 18.2 Å².